The van der Waals surface area contributed by atoms with Gasteiger partial charge in [-0.15, -0.1) is 0 Å². The fourth-order valence-electron chi connectivity index (χ4n) is 3.61. The summed E-state index contributed by atoms with van der Waals surface area (Å²) in [6, 6.07) is 10.8. The van der Waals surface area contributed by atoms with Crippen LogP contribution in [0.2, 0.25) is 5.02 Å². The second-order valence-corrected chi connectivity index (χ2v) is 7.92. The molecule has 1 unspecified atom stereocenters. The molecule has 3 heterocycles. The zero-order valence-corrected chi connectivity index (χ0v) is 16.0. The van der Waals surface area contributed by atoms with Gasteiger partial charge in [0.05, 0.1) is 11.4 Å². The first-order chi connectivity index (χ1) is 12.9. The van der Waals surface area contributed by atoms with Gasteiger partial charge in [0, 0.05) is 48.1 Å². The van der Waals surface area contributed by atoms with Crippen LogP contribution >= 0.6 is 11.6 Å². The van der Waals surface area contributed by atoms with Crippen LogP contribution in [0.3, 0.4) is 0 Å². The lowest BCUT2D eigenvalue weighted by atomic mass is 10.0. The van der Waals surface area contributed by atoms with Gasteiger partial charge in [-0.1, -0.05) is 37.6 Å². The highest BCUT2D eigenvalue weighted by molar-refractivity contribution is 6.30. The standard InChI is InChI=1S/C20H21ClN4O2/c1-12(2)10-24-11-14(7-19(24)26)16-9-20(27)25-18(22-16)8-17(23-25)13-4-3-5-15(21)6-13/h3-6,8-9,12,14,23H,7,10-11H2,1-2H3. The lowest BCUT2D eigenvalue weighted by Crippen LogP contribution is -2.29. The molecule has 2 aromatic heterocycles. The Kier molecular flexibility index (Phi) is 4.52. The van der Waals surface area contributed by atoms with Crippen molar-refractivity contribution in [1.82, 2.24) is 19.5 Å². The van der Waals surface area contributed by atoms with Crippen molar-refractivity contribution >= 4 is 23.2 Å². The molecule has 27 heavy (non-hydrogen) atoms. The number of hydrogen-bond donors (Lipinski definition) is 1. The monoisotopic (exact) mass is 384 g/mol. The number of amides is 1. The molecule has 4 rings (SSSR count). The zero-order chi connectivity index (χ0) is 19.1. The number of likely N-dealkylation sites (tertiary alicyclic amines) is 1. The van der Waals surface area contributed by atoms with Crippen molar-refractivity contribution in [3.8, 4) is 11.3 Å². The summed E-state index contributed by atoms with van der Waals surface area (Å²) in [6.07, 6.45) is 0.404. The van der Waals surface area contributed by atoms with E-state index < -0.39 is 0 Å². The maximum absolute atomic E-state index is 12.6. The summed E-state index contributed by atoms with van der Waals surface area (Å²) >= 11 is 6.06. The molecule has 140 valence electrons. The van der Waals surface area contributed by atoms with Crippen LogP contribution in [0.15, 0.2) is 41.2 Å². The highest BCUT2D eigenvalue weighted by atomic mass is 35.5. The molecule has 7 heteroatoms. The molecule has 1 saturated heterocycles. The van der Waals surface area contributed by atoms with Crippen LogP contribution in [-0.4, -0.2) is 38.5 Å². The summed E-state index contributed by atoms with van der Waals surface area (Å²) in [4.78, 5) is 31.4. The quantitative estimate of drug-likeness (QED) is 0.750. The molecule has 1 aromatic carbocycles. The van der Waals surface area contributed by atoms with Crippen LogP contribution in [0.4, 0.5) is 0 Å². The van der Waals surface area contributed by atoms with Gasteiger partial charge < -0.3 is 4.90 Å². The predicted octanol–water partition coefficient (Wildman–Crippen LogP) is 3.31. The van der Waals surface area contributed by atoms with Crippen molar-refractivity contribution in [3.63, 3.8) is 0 Å². The van der Waals surface area contributed by atoms with Crippen LogP contribution in [0.25, 0.3) is 16.9 Å². The Bertz CT molecular complexity index is 1070. The van der Waals surface area contributed by atoms with Crippen molar-refractivity contribution in [2.45, 2.75) is 26.2 Å². The van der Waals surface area contributed by atoms with E-state index in [0.717, 1.165) is 17.8 Å². The molecule has 0 spiro atoms. The van der Waals surface area contributed by atoms with Crippen molar-refractivity contribution in [1.29, 1.82) is 0 Å². The average molecular weight is 385 g/mol. The van der Waals surface area contributed by atoms with Crippen LogP contribution in [0, 0.1) is 5.92 Å². The zero-order valence-electron chi connectivity index (χ0n) is 15.3. The van der Waals surface area contributed by atoms with E-state index in [1.54, 1.807) is 6.07 Å². The van der Waals surface area contributed by atoms with Gasteiger partial charge >= 0.3 is 0 Å². The van der Waals surface area contributed by atoms with Crippen LogP contribution in [0.5, 0.6) is 0 Å². The number of hydrogen-bond acceptors (Lipinski definition) is 3. The fourth-order valence-corrected chi connectivity index (χ4v) is 3.80. The summed E-state index contributed by atoms with van der Waals surface area (Å²) < 4.78 is 1.42. The van der Waals surface area contributed by atoms with Gasteiger partial charge in [-0.3, -0.25) is 14.7 Å². The summed E-state index contributed by atoms with van der Waals surface area (Å²) in [5.41, 5.74) is 2.69. The highest BCUT2D eigenvalue weighted by Crippen LogP contribution is 2.28. The van der Waals surface area contributed by atoms with E-state index in [1.807, 2.05) is 29.2 Å². The van der Waals surface area contributed by atoms with Gasteiger partial charge in [0.15, 0.2) is 5.65 Å². The van der Waals surface area contributed by atoms with Gasteiger partial charge in [-0.05, 0) is 18.1 Å². The Balaban J connectivity index is 1.68. The van der Waals surface area contributed by atoms with Crippen molar-refractivity contribution in [2.75, 3.05) is 13.1 Å². The topological polar surface area (TPSA) is 70.5 Å². The van der Waals surface area contributed by atoms with E-state index in [1.165, 1.54) is 10.6 Å². The van der Waals surface area contributed by atoms with Gasteiger partial charge in [-0.2, -0.15) is 0 Å². The largest absolute Gasteiger partial charge is 0.342 e. The third kappa shape index (κ3) is 3.49. The van der Waals surface area contributed by atoms with E-state index in [9.17, 15) is 9.59 Å². The highest BCUT2D eigenvalue weighted by Gasteiger charge is 2.32. The second-order valence-electron chi connectivity index (χ2n) is 7.49. The first-order valence-corrected chi connectivity index (χ1v) is 9.45. The number of halogens is 1. The van der Waals surface area contributed by atoms with Gasteiger partial charge in [0.2, 0.25) is 5.91 Å². The minimum Gasteiger partial charge on any atom is -0.342 e. The summed E-state index contributed by atoms with van der Waals surface area (Å²) in [6.45, 7) is 5.54. The minimum atomic E-state index is -0.182. The van der Waals surface area contributed by atoms with Crippen LogP contribution in [-0.2, 0) is 4.79 Å². The number of carbonyl (C=O) groups is 1. The van der Waals surface area contributed by atoms with Crippen LogP contribution in [0.1, 0.15) is 31.9 Å². The average Bonchev–Trinajstić information content (AvgIpc) is 3.19. The van der Waals surface area contributed by atoms with Crippen molar-refractivity contribution in [2.24, 2.45) is 5.92 Å². The molecule has 6 nitrogen and oxygen atoms in total. The summed E-state index contributed by atoms with van der Waals surface area (Å²) in [7, 11) is 0. The van der Waals surface area contributed by atoms with Gasteiger partial charge in [0.25, 0.3) is 5.56 Å². The van der Waals surface area contributed by atoms with Crippen LogP contribution < -0.4 is 5.56 Å². The second kappa shape index (κ2) is 6.85. The number of rotatable bonds is 4. The molecule has 1 amide bonds. The number of carbonyl (C=O) groups excluding carboxylic acids is 1. The molecule has 0 saturated carbocycles. The molecular formula is C20H21ClN4O2. The number of H-pyrrole nitrogens is 1. The molecule has 3 aromatic rings. The lowest BCUT2D eigenvalue weighted by Gasteiger charge is -2.18. The molecule has 0 bridgehead atoms. The van der Waals surface area contributed by atoms with E-state index in [2.05, 4.69) is 23.9 Å². The number of aromatic nitrogens is 3. The maximum atomic E-state index is 12.6. The predicted molar refractivity (Wildman–Crippen MR) is 105 cm³/mol. The van der Waals surface area contributed by atoms with Crippen molar-refractivity contribution in [3.05, 3.63) is 57.5 Å². The normalized spacial score (nSPS) is 17.4. The molecule has 0 aliphatic carbocycles. The lowest BCUT2D eigenvalue weighted by molar-refractivity contribution is -0.128. The number of aromatic amines is 1. The molecule has 1 fully saturated rings. The summed E-state index contributed by atoms with van der Waals surface area (Å²) in [5.74, 6) is 0.501. The third-order valence-electron chi connectivity index (χ3n) is 4.82. The van der Waals surface area contributed by atoms with E-state index in [0.29, 0.717) is 35.2 Å². The maximum Gasteiger partial charge on any atom is 0.272 e. The van der Waals surface area contributed by atoms with Crippen molar-refractivity contribution < 1.29 is 4.79 Å². The Morgan fingerprint density at radius 2 is 2.07 bits per heavy atom. The summed E-state index contributed by atoms with van der Waals surface area (Å²) in [5, 5.41) is 3.70. The third-order valence-corrected chi connectivity index (χ3v) is 5.06. The van der Waals surface area contributed by atoms with E-state index in [-0.39, 0.29) is 17.4 Å². The van der Waals surface area contributed by atoms with E-state index in [4.69, 9.17) is 11.6 Å². The number of fused-ring (bicyclic) bond motifs is 1. The number of benzene rings is 1. The molecule has 1 aliphatic rings. The molecule has 1 aliphatic heterocycles. The molecule has 0 radical (unpaired) electrons. The minimum absolute atomic E-state index is 0.0431. The first-order valence-electron chi connectivity index (χ1n) is 9.07. The van der Waals surface area contributed by atoms with Gasteiger partial charge in [-0.25, -0.2) is 9.50 Å². The molecule has 1 atom stereocenters. The fraction of sp³-hybridized carbons (Fsp3) is 0.350. The Hall–Kier alpha value is -2.60. The number of nitrogens with one attached hydrogen (secondary N) is 1. The molecular weight excluding hydrogens is 364 g/mol. The smallest absolute Gasteiger partial charge is 0.272 e. The Morgan fingerprint density at radius 3 is 2.81 bits per heavy atom. The Morgan fingerprint density at radius 1 is 1.26 bits per heavy atom. The van der Waals surface area contributed by atoms with E-state index >= 15 is 0 Å². The number of nitrogens with zero attached hydrogens (tertiary/aromatic N) is 3. The first kappa shape index (κ1) is 17.8. The molecule has 1 N–H and O–H groups in total. The van der Waals surface area contributed by atoms with Gasteiger partial charge in [0.1, 0.15) is 0 Å². The SMILES string of the molecule is CC(C)CN1CC(c2cc(=O)n3[nH]c(-c4cccc(Cl)c4)cc3n2)CC1=O. The Labute approximate surface area is 161 Å².